The number of anilines is 1. The van der Waals surface area contributed by atoms with E-state index in [4.69, 9.17) is 4.98 Å². The molecule has 4 aromatic rings. The van der Waals surface area contributed by atoms with E-state index in [0.29, 0.717) is 6.54 Å². The molecule has 0 bridgehead atoms. The molecule has 1 fully saturated rings. The molecular formula is C23H23N7O. The third kappa shape index (κ3) is 4.29. The van der Waals surface area contributed by atoms with Crippen molar-refractivity contribution in [3.05, 3.63) is 77.5 Å². The van der Waals surface area contributed by atoms with E-state index in [9.17, 15) is 4.79 Å². The molecule has 8 heteroatoms. The first-order valence-corrected chi connectivity index (χ1v) is 10.4. The first-order valence-electron chi connectivity index (χ1n) is 10.4. The molecule has 0 amide bonds. The van der Waals surface area contributed by atoms with Gasteiger partial charge in [-0.3, -0.25) is 19.7 Å². The van der Waals surface area contributed by atoms with Gasteiger partial charge in [-0.1, -0.05) is 12.1 Å². The largest absolute Gasteiger partial charge is 0.353 e. The predicted octanol–water partition coefficient (Wildman–Crippen LogP) is 2.07. The van der Waals surface area contributed by atoms with Crippen molar-refractivity contribution in [2.24, 2.45) is 0 Å². The van der Waals surface area contributed by atoms with Crippen LogP contribution >= 0.6 is 0 Å². The number of rotatable bonds is 5. The fourth-order valence-electron chi connectivity index (χ4n) is 3.82. The number of fused-ring (bicyclic) bond motifs is 1. The highest BCUT2D eigenvalue weighted by Crippen LogP contribution is 2.17. The number of pyridine rings is 1. The van der Waals surface area contributed by atoms with Crippen LogP contribution in [-0.2, 0) is 6.54 Å². The summed E-state index contributed by atoms with van der Waals surface area (Å²) in [4.78, 5) is 30.2. The Morgan fingerprint density at radius 1 is 0.839 bits per heavy atom. The van der Waals surface area contributed by atoms with Gasteiger partial charge in [-0.2, -0.15) is 5.10 Å². The summed E-state index contributed by atoms with van der Waals surface area (Å²) < 4.78 is 1.55. The summed E-state index contributed by atoms with van der Waals surface area (Å²) in [6.45, 7) is 4.93. The van der Waals surface area contributed by atoms with Crippen LogP contribution in [0.2, 0.25) is 0 Å². The molecule has 1 aromatic carbocycles. The standard InChI is InChI=1S/C23H23N7O/c31-23-6-5-19(18-7-9-24-10-8-18)27-30(23)16-13-28-11-14-29(15-12-28)22-17-25-20-3-1-2-4-21(20)26-22/h1-10,17H,11-16H2. The lowest BCUT2D eigenvalue weighted by Gasteiger charge is -2.35. The monoisotopic (exact) mass is 413 g/mol. The van der Waals surface area contributed by atoms with Crippen molar-refractivity contribution < 1.29 is 0 Å². The minimum absolute atomic E-state index is 0.0807. The topological polar surface area (TPSA) is 80.0 Å². The fraction of sp³-hybridized carbons (Fsp3) is 0.261. The number of aromatic nitrogens is 5. The summed E-state index contributed by atoms with van der Waals surface area (Å²) in [6.07, 6.45) is 5.31. The van der Waals surface area contributed by atoms with Gasteiger partial charge in [0.25, 0.3) is 5.56 Å². The summed E-state index contributed by atoms with van der Waals surface area (Å²) >= 11 is 0. The van der Waals surface area contributed by atoms with Crippen LogP contribution < -0.4 is 10.5 Å². The van der Waals surface area contributed by atoms with Crippen LogP contribution in [0.3, 0.4) is 0 Å². The third-order valence-corrected chi connectivity index (χ3v) is 5.60. The van der Waals surface area contributed by atoms with E-state index in [2.05, 4.69) is 24.9 Å². The number of benzene rings is 1. The summed E-state index contributed by atoms with van der Waals surface area (Å²) in [5, 5.41) is 4.54. The van der Waals surface area contributed by atoms with Gasteiger partial charge in [0.05, 0.1) is 29.5 Å². The van der Waals surface area contributed by atoms with Gasteiger partial charge in [0.15, 0.2) is 0 Å². The fourth-order valence-corrected chi connectivity index (χ4v) is 3.82. The zero-order valence-corrected chi connectivity index (χ0v) is 17.1. The van der Waals surface area contributed by atoms with Crippen molar-refractivity contribution in [2.75, 3.05) is 37.6 Å². The molecule has 1 saturated heterocycles. The molecule has 4 heterocycles. The average Bonchev–Trinajstić information content (AvgIpc) is 2.84. The van der Waals surface area contributed by atoms with Crippen molar-refractivity contribution in [3.63, 3.8) is 0 Å². The maximum Gasteiger partial charge on any atom is 0.266 e. The SMILES string of the molecule is O=c1ccc(-c2ccncc2)nn1CCN1CCN(c2cnc3ccccc3n2)CC1. The van der Waals surface area contributed by atoms with Crippen LogP contribution in [0.25, 0.3) is 22.3 Å². The summed E-state index contributed by atoms with van der Waals surface area (Å²) in [6, 6.07) is 15.1. The molecule has 0 saturated carbocycles. The highest BCUT2D eigenvalue weighted by Gasteiger charge is 2.18. The van der Waals surface area contributed by atoms with Crippen molar-refractivity contribution in [1.29, 1.82) is 0 Å². The second kappa shape index (κ2) is 8.61. The van der Waals surface area contributed by atoms with Crippen LogP contribution in [-0.4, -0.2) is 62.4 Å². The second-order valence-corrected chi connectivity index (χ2v) is 7.56. The van der Waals surface area contributed by atoms with Gasteiger partial charge in [0.1, 0.15) is 5.82 Å². The Labute approximate surface area is 179 Å². The zero-order chi connectivity index (χ0) is 21.0. The molecule has 0 atom stereocenters. The molecule has 31 heavy (non-hydrogen) atoms. The number of hydrogen-bond acceptors (Lipinski definition) is 7. The van der Waals surface area contributed by atoms with Crippen molar-refractivity contribution in [1.82, 2.24) is 29.6 Å². The van der Waals surface area contributed by atoms with Crippen LogP contribution in [0.4, 0.5) is 5.82 Å². The minimum atomic E-state index is -0.0807. The van der Waals surface area contributed by atoms with Crippen molar-refractivity contribution in [3.8, 4) is 11.3 Å². The molecule has 0 unspecified atom stereocenters. The van der Waals surface area contributed by atoms with Gasteiger partial charge in [-0.25, -0.2) is 9.67 Å². The first kappa shape index (κ1) is 19.3. The van der Waals surface area contributed by atoms with Gasteiger partial charge >= 0.3 is 0 Å². The first-order chi connectivity index (χ1) is 15.3. The van der Waals surface area contributed by atoms with Crippen LogP contribution in [0.15, 0.2) is 71.9 Å². The Kier molecular flexibility index (Phi) is 5.37. The second-order valence-electron chi connectivity index (χ2n) is 7.56. The normalized spacial score (nSPS) is 14.8. The van der Waals surface area contributed by atoms with Gasteiger partial charge < -0.3 is 4.90 Å². The Bertz CT molecular complexity index is 1230. The van der Waals surface area contributed by atoms with E-state index in [1.54, 1.807) is 29.2 Å². The molecule has 0 spiro atoms. The Morgan fingerprint density at radius 3 is 2.42 bits per heavy atom. The Morgan fingerprint density at radius 2 is 1.61 bits per heavy atom. The van der Waals surface area contributed by atoms with Gasteiger partial charge in [-0.15, -0.1) is 0 Å². The number of para-hydroxylation sites is 2. The van der Waals surface area contributed by atoms with E-state index in [1.165, 1.54) is 0 Å². The highest BCUT2D eigenvalue weighted by molar-refractivity contribution is 5.75. The van der Waals surface area contributed by atoms with E-state index in [-0.39, 0.29) is 5.56 Å². The zero-order valence-electron chi connectivity index (χ0n) is 17.1. The molecule has 1 aliphatic rings. The highest BCUT2D eigenvalue weighted by atomic mass is 16.1. The molecule has 3 aromatic heterocycles. The molecule has 8 nitrogen and oxygen atoms in total. The van der Waals surface area contributed by atoms with Gasteiger partial charge in [0, 0.05) is 56.7 Å². The quantitative estimate of drug-likeness (QED) is 0.495. The number of piperazine rings is 1. The summed E-state index contributed by atoms with van der Waals surface area (Å²) in [5.41, 5.74) is 3.48. The number of hydrogen-bond donors (Lipinski definition) is 0. The maximum absolute atomic E-state index is 12.3. The van der Waals surface area contributed by atoms with Gasteiger partial charge in [-0.05, 0) is 30.3 Å². The molecule has 156 valence electrons. The maximum atomic E-state index is 12.3. The Hall–Kier alpha value is -3.65. The molecule has 1 aliphatic heterocycles. The van der Waals surface area contributed by atoms with E-state index >= 15 is 0 Å². The van der Waals surface area contributed by atoms with Crippen molar-refractivity contribution in [2.45, 2.75) is 6.54 Å². The van der Waals surface area contributed by atoms with E-state index in [1.807, 2.05) is 42.6 Å². The molecule has 0 N–H and O–H groups in total. The molecule has 0 radical (unpaired) electrons. The minimum Gasteiger partial charge on any atom is -0.353 e. The summed E-state index contributed by atoms with van der Waals surface area (Å²) in [5.74, 6) is 0.918. The third-order valence-electron chi connectivity index (χ3n) is 5.60. The molecule has 5 rings (SSSR count). The van der Waals surface area contributed by atoms with Crippen LogP contribution in [0, 0.1) is 0 Å². The van der Waals surface area contributed by atoms with E-state index in [0.717, 1.165) is 60.8 Å². The van der Waals surface area contributed by atoms with Gasteiger partial charge in [0.2, 0.25) is 0 Å². The van der Waals surface area contributed by atoms with E-state index < -0.39 is 0 Å². The lowest BCUT2D eigenvalue weighted by molar-refractivity contribution is 0.242. The molecule has 0 aliphatic carbocycles. The molecular weight excluding hydrogens is 390 g/mol. The predicted molar refractivity (Wildman–Crippen MR) is 120 cm³/mol. The number of nitrogens with zero attached hydrogens (tertiary/aromatic N) is 7. The van der Waals surface area contributed by atoms with Crippen molar-refractivity contribution >= 4 is 16.9 Å². The lowest BCUT2D eigenvalue weighted by atomic mass is 10.2. The average molecular weight is 413 g/mol. The lowest BCUT2D eigenvalue weighted by Crippen LogP contribution is -2.48. The van der Waals surface area contributed by atoms with Crippen LogP contribution in [0.1, 0.15) is 0 Å². The Balaban J connectivity index is 1.21. The van der Waals surface area contributed by atoms with Crippen LogP contribution in [0.5, 0.6) is 0 Å². The smallest absolute Gasteiger partial charge is 0.266 e. The summed E-state index contributed by atoms with van der Waals surface area (Å²) in [7, 11) is 0.